The van der Waals surface area contributed by atoms with E-state index < -0.39 is 5.97 Å². The number of rotatable bonds is 10. The Labute approximate surface area is 386 Å². The standard InChI is InChI=1S/C22H23ClN4O4.C12H11NO4.C9H13ClN4O.ClH/c1-3-20(28)27-8-9-31-18-11-15(4-5-17(18)27)22(29)26-7-6-14(13-26)10-19-24-12-16(23)21(25-19)30-2;1-2-11(14)13-5-6-17-10-7-8(12(15)16)3-4-9(10)13;1-15-8-7(10)5-12-9(14-8)13-6-2-3-11-4-6;/h3-5,11-12,14H,1,6-10,13H2,2H3;2-4,7H,1,5-6H2,(H,15,16);5-6,11H,2-4H2,1H3,(H,12,13,14);1H/t14-;;6-;/m0.1./s1. The van der Waals surface area contributed by atoms with Crippen molar-refractivity contribution < 1.29 is 43.2 Å². The van der Waals surface area contributed by atoms with E-state index >= 15 is 0 Å². The number of benzene rings is 2. The van der Waals surface area contributed by atoms with E-state index in [1.54, 1.807) is 29.2 Å². The van der Waals surface area contributed by atoms with Gasteiger partial charge in [0, 0.05) is 37.7 Å². The van der Waals surface area contributed by atoms with Crippen LogP contribution >= 0.6 is 35.6 Å². The quantitative estimate of drug-likeness (QED) is 0.170. The van der Waals surface area contributed by atoms with Crippen molar-refractivity contribution in [3.05, 3.63) is 101 Å². The highest BCUT2D eigenvalue weighted by molar-refractivity contribution is 6.32. The van der Waals surface area contributed by atoms with E-state index in [4.69, 9.17) is 47.3 Å². The molecule has 0 spiro atoms. The predicted octanol–water partition coefficient (Wildman–Crippen LogP) is 5.39. The number of fused-ring (bicyclic) bond motifs is 2. The third-order valence-electron chi connectivity index (χ3n) is 10.3. The van der Waals surface area contributed by atoms with Crippen LogP contribution in [0.15, 0.2) is 74.1 Å². The molecule has 8 rings (SSSR count). The molecular formula is C43H48Cl3N9O9. The van der Waals surface area contributed by atoms with E-state index in [1.165, 1.54) is 55.8 Å². The Balaban J connectivity index is 0.000000197. The molecule has 0 unspecified atom stereocenters. The number of nitrogens with one attached hydrogen (secondary N) is 2. The molecule has 21 heteroatoms. The smallest absolute Gasteiger partial charge is 0.335 e. The van der Waals surface area contributed by atoms with Gasteiger partial charge in [0.2, 0.25) is 17.7 Å². The second-order valence-electron chi connectivity index (χ2n) is 14.4. The summed E-state index contributed by atoms with van der Waals surface area (Å²) in [5.74, 6) is 1.67. The van der Waals surface area contributed by atoms with Gasteiger partial charge in [-0.05, 0) is 73.9 Å². The van der Waals surface area contributed by atoms with Gasteiger partial charge in [-0.25, -0.2) is 14.8 Å². The molecule has 2 aromatic carbocycles. The van der Waals surface area contributed by atoms with Crippen molar-refractivity contribution in [3.63, 3.8) is 0 Å². The van der Waals surface area contributed by atoms with Crippen LogP contribution in [0.1, 0.15) is 39.4 Å². The number of carboxylic acid groups (broad SMARTS) is 1. The third kappa shape index (κ3) is 12.1. The maximum Gasteiger partial charge on any atom is 0.335 e. The van der Waals surface area contributed by atoms with E-state index in [2.05, 4.69) is 43.7 Å². The number of halogens is 3. The minimum Gasteiger partial charge on any atom is -0.490 e. The number of carbonyl (C=O) groups excluding carboxylic acids is 3. The number of anilines is 3. The summed E-state index contributed by atoms with van der Waals surface area (Å²) in [5.41, 5.74) is 1.90. The van der Waals surface area contributed by atoms with Crippen LogP contribution in [0.3, 0.4) is 0 Å². The number of hydrogen-bond donors (Lipinski definition) is 3. The number of aromatic carboxylic acids is 1. The molecule has 2 saturated heterocycles. The van der Waals surface area contributed by atoms with Crippen LogP contribution in [0.4, 0.5) is 17.3 Å². The molecule has 4 aromatic rings. The maximum atomic E-state index is 13.1. The fourth-order valence-electron chi connectivity index (χ4n) is 7.16. The Kier molecular flexibility index (Phi) is 17.5. The number of carboxylic acids is 1. The summed E-state index contributed by atoms with van der Waals surface area (Å²) in [6, 6.07) is 10.0. The number of nitrogens with zero attached hydrogens (tertiary/aromatic N) is 7. The maximum absolute atomic E-state index is 13.1. The summed E-state index contributed by atoms with van der Waals surface area (Å²) in [6.07, 6.45) is 8.16. The zero-order valence-corrected chi connectivity index (χ0v) is 37.5. The van der Waals surface area contributed by atoms with Gasteiger partial charge in [0.15, 0.2) is 0 Å². The lowest BCUT2D eigenvalue weighted by atomic mass is 10.0. The number of methoxy groups -OCH3 is 2. The summed E-state index contributed by atoms with van der Waals surface area (Å²) in [6.45, 7) is 11.8. The Bertz CT molecular complexity index is 2350. The second kappa shape index (κ2) is 22.9. The monoisotopic (exact) mass is 939 g/mol. The summed E-state index contributed by atoms with van der Waals surface area (Å²) < 4.78 is 21.2. The Morgan fingerprint density at radius 3 is 2.00 bits per heavy atom. The number of hydrogen-bond acceptors (Lipinski definition) is 14. The van der Waals surface area contributed by atoms with Crippen LogP contribution in [0.2, 0.25) is 10.0 Å². The molecule has 18 nitrogen and oxygen atoms in total. The molecule has 6 heterocycles. The van der Waals surface area contributed by atoms with Crippen LogP contribution in [-0.2, 0) is 16.0 Å². The van der Waals surface area contributed by atoms with Gasteiger partial charge in [-0.3, -0.25) is 14.4 Å². The van der Waals surface area contributed by atoms with Gasteiger partial charge in [-0.15, -0.1) is 12.4 Å². The van der Waals surface area contributed by atoms with E-state index in [9.17, 15) is 19.2 Å². The molecule has 2 atom stereocenters. The van der Waals surface area contributed by atoms with Gasteiger partial charge in [-0.2, -0.15) is 9.97 Å². The van der Waals surface area contributed by atoms with Crippen molar-refractivity contribution in [3.8, 4) is 23.3 Å². The fraction of sp³-hybridized carbons (Fsp3) is 0.349. The minimum absolute atomic E-state index is 0. The molecule has 3 amide bonds. The van der Waals surface area contributed by atoms with E-state index in [1.807, 2.05) is 4.90 Å². The van der Waals surface area contributed by atoms with Crippen LogP contribution in [0.25, 0.3) is 0 Å². The number of likely N-dealkylation sites (tertiary alicyclic amines) is 1. The van der Waals surface area contributed by atoms with Gasteiger partial charge in [-0.1, -0.05) is 36.4 Å². The SMILES string of the molecule is C=CC(=O)N1CCOc2cc(C(=O)N3CC[C@@H](Cc4ncc(Cl)c(OC)n4)C3)ccc21.C=CC(=O)N1CCOc2cc(C(=O)O)ccc21.COc1nc(N[C@@H]2CCNC2)ncc1Cl.Cl. The van der Waals surface area contributed by atoms with E-state index in [0.29, 0.717) is 114 Å². The van der Waals surface area contributed by atoms with Crippen LogP contribution < -0.4 is 39.4 Å². The number of aromatic nitrogens is 4. The van der Waals surface area contributed by atoms with Crippen molar-refractivity contribution >= 4 is 76.6 Å². The van der Waals surface area contributed by atoms with Gasteiger partial charge in [0.05, 0.1) is 56.6 Å². The minimum atomic E-state index is -1.02. The fourth-order valence-corrected chi connectivity index (χ4v) is 7.50. The first-order valence-electron chi connectivity index (χ1n) is 20.0. The lowest BCUT2D eigenvalue weighted by Crippen LogP contribution is -2.37. The summed E-state index contributed by atoms with van der Waals surface area (Å²) in [4.78, 5) is 69.3. The van der Waals surface area contributed by atoms with Gasteiger partial charge < -0.3 is 49.4 Å². The second-order valence-corrected chi connectivity index (χ2v) is 15.2. The summed E-state index contributed by atoms with van der Waals surface area (Å²) >= 11 is 11.8. The highest BCUT2D eigenvalue weighted by Gasteiger charge is 2.30. The largest absolute Gasteiger partial charge is 0.490 e. The molecule has 64 heavy (non-hydrogen) atoms. The molecule has 0 saturated carbocycles. The van der Waals surface area contributed by atoms with E-state index in [0.717, 1.165) is 25.9 Å². The summed E-state index contributed by atoms with van der Waals surface area (Å²) in [7, 11) is 3.05. The first kappa shape index (κ1) is 48.8. The molecule has 4 aliphatic rings. The Morgan fingerprint density at radius 2 is 1.44 bits per heavy atom. The van der Waals surface area contributed by atoms with Crippen LogP contribution in [-0.4, -0.2) is 126 Å². The molecule has 3 N–H and O–H groups in total. The molecule has 2 fully saturated rings. The molecule has 0 radical (unpaired) electrons. The topological polar surface area (TPSA) is 211 Å². The van der Waals surface area contributed by atoms with Gasteiger partial charge >= 0.3 is 5.97 Å². The Hall–Kier alpha value is -6.21. The molecule has 0 bridgehead atoms. The molecule has 2 aromatic heterocycles. The average molecular weight is 941 g/mol. The normalized spacial score (nSPS) is 16.9. The average Bonchev–Trinajstić information content (AvgIpc) is 4.01. The zero-order valence-electron chi connectivity index (χ0n) is 35.1. The molecular weight excluding hydrogens is 893 g/mol. The van der Waals surface area contributed by atoms with Crippen molar-refractivity contribution in [1.29, 1.82) is 0 Å². The molecule has 340 valence electrons. The van der Waals surface area contributed by atoms with Crippen molar-refractivity contribution in [2.75, 3.05) is 81.8 Å². The first-order valence-corrected chi connectivity index (χ1v) is 20.7. The van der Waals surface area contributed by atoms with Crippen LogP contribution in [0, 0.1) is 5.92 Å². The lowest BCUT2D eigenvalue weighted by molar-refractivity contribution is -0.115. The van der Waals surface area contributed by atoms with Crippen molar-refractivity contribution in [2.24, 2.45) is 5.92 Å². The predicted molar refractivity (Wildman–Crippen MR) is 243 cm³/mol. The summed E-state index contributed by atoms with van der Waals surface area (Å²) in [5, 5.41) is 16.1. The number of carbonyl (C=O) groups is 4. The lowest BCUT2D eigenvalue weighted by Gasteiger charge is -2.29. The number of ether oxygens (including phenoxy) is 4. The highest BCUT2D eigenvalue weighted by atomic mass is 35.5. The first-order chi connectivity index (χ1) is 30.4. The van der Waals surface area contributed by atoms with Gasteiger partial charge in [0.1, 0.15) is 40.6 Å². The van der Waals surface area contributed by atoms with E-state index in [-0.39, 0.29) is 41.6 Å². The zero-order chi connectivity index (χ0) is 45.0. The van der Waals surface area contributed by atoms with Crippen molar-refractivity contribution in [2.45, 2.75) is 25.3 Å². The third-order valence-corrected chi connectivity index (χ3v) is 10.8. The van der Waals surface area contributed by atoms with Crippen molar-refractivity contribution in [1.82, 2.24) is 30.2 Å². The van der Waals surface area contributed by atoms with Gasteiger partial charge in [0.25, 0.3) is 17.7 Å². The van der Waals surface area contributed by atoms with Crippen LogP contribution in [0.5, 0.6) is 23.3 Å². The molecule has 0 aliphatic carbocycles. The Morgan fingerprint density at radius 1 is 0.859 bits per heavy atom. The molecule has 4 aliphatic heterocycles. The highest BCUT2D eigenvalue weighted by Crippen LogP contribution is 2.35. The number of amides is 3.